The molecule has 3 heterocycles. The number of aryl methyl sites for hydroxylation is 1. The number of carbonyl (C=O) groups excluding carboxylic acids is 1. The number of carbonyl (C=O) groups is 1. The standard InChI is InChI=1S/C19H29N3O3/c1-13-4-5-20-6-18(13)19(24)22-10-16(17(11-22)12-23)9-21-7-14(2)25-15(3)8-21/h4-6,14-17,23H,7-12H2,1-3H3/t14-,15+,16-,17-/m1/s1. The lowest BCUT2D eigenvalue weighted by molar-refractivity contribution is -0.0726. The highest BCUT2D eigenvalue weighted by Crippen LogP contribution is 2.27. The second kappa shape index (κ2) is 7.81. The van der Waals surface area contributed by atoms with Crippen LogP contribution in [-0.2, 0) is 4.74 Å². The van der Waals surface area contributed by atoms with E-state index in [0.29, 0.717) is 24.6 Å². The molecule has 4 atom stereocenters. The van der Waals surface area contributed by atoms with Crippen LogP contribution < -0.4 is 0 Å². The minimum absolute atomic E-state index is 0.0234. The number of nitrogens with zero attached hydrogens (tertiary/aromatic N) is 3. The number of hydrogen-bond acceptors (Lipinski definition) is 5. The summed E-state index contributed by atoms with van der Waals surface area (Å²) in [4.78, 5) is 21.2. The molecule has 3 rings (SSSR count). The Kier molecular flexibility index (Phi) is 5.71. The van der Waals surface area contributed by atoms with Crippen LogP contribution in [0, 0.1) is 18.8 Å². The van der Waals surface area contributed by atoms with E-state index in [1.165, 1.54) is 0 Å². The number of likely N-dealkylation sites (tertiary alicyclic amines) is 1. The lowest BCUT2D eigenvalue weighted by Gasteiger charge is -2.37. The van der Waals surface area contributed by atoms with Gasteiger partial charge in [0.25, 0.3) is 5.91 Å². The molecule has 6 heteroatoms. The number of aliphatic hydroxyl groups excluding tert-OH is 1. The molecule has 0 aliphatic carbocycles. The van der Waals surface area contributed by atoms with Crippen molar-refractivity contribution in [3.8, 4) is 0 Å². The molecule has 1 N–H and O–H groups in total. The predicted molar refractivity (Wildman–Crippen MR) is 95.4 cm³/mol. The van der Waals surface area contributed by atoms with E-state index in [2.05, 4.69) is 23.7 Å². The Labute approximate surface area is 149 Å². The molecular formula is C19H29N3O3. The number of aromatic nitrogens is 1. The summed E-state index contributed by atoms with van der Waals surface area (Å²) in [5.74, 6) is 0.452. The van der Waals surface area contributed by atoms with Gasteiger partial charge in [-0.1, -0.05) is 0 Å². The van der Waals surface area contributed by atoms with E-state index >= 15 is 0 Å². The topological polar surface area (TPSA) is 65.9 Å². The summed E-state index contributed by atoms with van der Waals surface area (Å²) in [6.45, 7) is 10.3. The molecule has 1 aromatic heterocycles. The number of morpholine rings is 1. The summed E-state index contributed by atoms with van der Waals surface area (Å²) >= 11 is 0. The highest BCUT2D eigenvalue weighted by atomic mass is 16.5. The van der Waals surface area contributed by atoms with Gasteiger partial charge in [0.2, 0.25) is 0 Å². The monoisotopic (exact) mass is 347 g/mol. The van der Waals surface area contributed by atoms with Gasteiger partial charge >= 0.3 is 0 Å². The van der Waals surface area contributed by atoms with Crippen molar-refractivity contribution in [2.24, 2.45) is 11.8 Å². The van der Waals surface area contributed by atoms with Crippen LogP contribution >= 0.6 is 0 Å². The van der Waals surface area contributed by atoms with E-state index in [4.69, 9.17) is 4.74 Å². The lowest BCUT2D eigenvalue weighted by Crippen LogP contribution is -2.48. The van der Waals surface area contributed by atoms with E-state index in [1.54, 1.807) is 12.4 Å². The summed E-state index contributed by atoms with van der Waals surface area (Å²) in [5, 5.41) is 9.80. The molecule has 0 spiro atoms. The number of rotatable bonds is 4. The summed E-state index contributed by atoms with van der Waals surface area (Å²) in [7, 11) is 0. The Morgan fingerprint density at radius 2 is 1.92 bits per heavy atom. The molecule has 138 valence electrons. The zero-order valence-electron chi connectivity index (χ0n) is 15.4. The van der Waals surface area contributed by atoms with Crippen LogP contribution in [0.15, 0.2) is 18.5 Å². The van der Waals surface area contributed by atoms with Gasteiger partial charge in [0.15, 0.2) is 0 Å². The van der Waals surface area contributed by atoms with Gasteiger partial charge in [0.05, 0.1) is 17.8 Å². The minimum atomic E-state index is 0.0234. The molecule has 1 aromatic rings. The molecule has 25 heavy (non-hydrogen) atoms. The highest BCUT2D eigenvalue weighted by molar-refractivity contribution is 5.95. The Bertz CT molecular complexity index is 599. The average Bonchev–Trinajstić information content (AvgIpc) is 2.96. The van der Waals surface area contributed by atoms with E-state index in [-0.39, 0.29) is 30.6 Å². The molecular weight excluding hydrogens is 318 g/mol. The normalized spacial score (nSPS) is 30.6. The third-order valence-corrected chi connectivity index (χ3v) is 5.36. The van der Waals surface area contributed by atoms with Crippen LogP contribution in [0.5, 0.6) is 0 Å². The second-order valence-corrected chi connectivity index (χ2v) is 7.58. The van der Waals surface area contributed by atoms with E-state index in [0.717, 1.165) is 25.2 Å². The van der Waals surface area contributed by atoms with Gasteiger partial charge in [0, 0.05) is 57.6 Å². The fourth-order valence-electron chi connectivity index (χ4n) is 4.14. The van der Waals surface area contributed by atoms with Crippen molar-refractivity contribution in [2.45, 2.75) is 33.0 Å². The van der Waals surface area contributed by atoms with Crippen molar-refractivity contribution in [3.63, 3.8) is 0 Å². The Hall–Kier alpha value is -1.50. The lowest BCUT2D eigenvalue weighted by atomic mass is 9.96. The van der Waals surface area contributed by atoms with Gasteiger partial charge in [-0.3, -0.25) is 14.7 Å². The number of pyridine rings is 1. The fraction of sp³-hybridized carbons (Fsp3) is 0.684. The van der Waals surface area contributed by atoms with Crippen molar-refractivity contribution in [3.05, 3.63) is 29.6 Å². The van der Waals surface area contributed by atoms with Gasteiger partial charge in [0.1, 0.15) is 0 Å². The van der Waals surface area contributed by atoms with Crippen LogP contribution in [-0.4, -0.2) is 77.3 Å². The predicted octanol–water partition coefficient (Wildman–Crippen LogP) is 1.18. The maximum absolute atomic E-state index is 12.8. The molecule has 2 fully saturated rings. The molecule has 0 radical (unpaired) electrons. The molecule has 1 amide bonds. The smallest absolute Gasteiger partial charge is 0.255 e. The largest absolute Gasteiger partial charge is 0.396 e. The van der Waals surface area contributed by atoms with Crippen LogP contribution in [0.2, 0.25) is 0 Å². The number of hydrogen-bond donors (Lipinski definition) is 1. The number of aliphatic hydroxyl groups is 1. The second-order valence-electron chi connectivity index (χ2n) is 7.58. The van der Waals surface area contributed by atoms with Crippen molar-refractivity contribution >= 4 is 5.91 Å². The van der Waals surface area contributed by atoms with Gasteiger partial charge < -0.3 is 14.7 Å². The number of amides is 1. The Morgan fingerprint density at radius 1 is 1.24 bits per heavy atom. The van der Waals surface area contributed by atoms with Crippen molar-refractivity contribution in [1.82, 2.24) is 14.8 Å². The first-order valence-corrected chi connectivity index (χ1v) is 9.16. The van der Waals surface area contributed by atoms with Crippen LogP contribution in [0.4, 0.5) is 0 Å². The highest BCUT2D eigenvalue weighted by Gasteiger charge is 2.37. The van der Waals surface area contributed by atoms with Gasteiger partial charge in [-0.05, 0) is 38.3 Å². The van der Waals surface area contributed by atoms with E-state index in [9.17, 15) is 9.90 Å². The molecule has 2 aliphatic heterocycles. The maximum atomic E-state index is 12.8. The van der Waals surface area contributed by atoms with Crippen LogP contribution in [0.1, 0.15) is 29.8 Å². The van der Waals surface area contributed by atoms with E-state index < -0.39 is 0 Å². The maximum Gasteiger partial charge on any atom is 0.255 e. The first kappa shape index (κ1) is 18.3. The Morgan fingerprint density at radius 3 is 2.56 bits per heavy atom. The van der Waals surface area contributed by atoms with Crippen molar-refractivity contribution in [2.75, 3.05) is 39.3 Å². The number of ether oxygens (including phenoxy) is 1. The summed E-state index contributed by atoms with van der Waals surface area (Å²) in [6, 6.07) is 1.86. The molecule has 0 saturated carbocycles. The molecule has 0 bridgehead atoms. The van der Waals surface area contributed by atoms with Gasteiger partial charge in [-0.25, -0.2) is 0 Å². The minimum Gasteiger partial charge on any atom is -0.396 e. The molecule has 0 unspecified atom stereocenters. The van der Waals surface area contributed by atoms with Crippen LogP contribution in [0.25, 0.3) is 0 Å². The third-order valence-electron chi connectivity index (χ3n) is 5.36. The zero-order valence-corrected chi connectivity index (χ0v) is 15.4. The van der Waals surface area contributed by atoms with Crippen LogP contribution in [0.3, 0.4) is 0 Å². The van der Waals surface area contributed by atoms with Crippen molar-refractivity contribution < 1.29 is 14.6 Å². The van der Waals surface area contributed by atoms with Crippen molar-refractivity contribution in [1.29, 1.82) is 0 Å². The molecule has 6 nitrogen and oxygen atoms in total. The molecule has 0 aromatic carbocycles. The molecule has 2 saturated heterocycles. The van der Waals surface area contributed by atoms with Gasteiger partial charge in [-0.2, -0.15) is 0 Å². The fourth-order valence-corrected chi connectivity index (χ4v) is 4.14. The quantitative estimate of drug-likeness (QED) is 0.886. The summed E-state index contributed by atoms with van der Waals surface area (Å²) in [5.41, 5.74) is 1.60. The third kappa shape index (κ3) is 4.19. The summed E-state index contributed by atoms with van der Waals surface area (Å²) < 4.78 is 5.80. The SMILES string of the molecule is Cc1ccncc1C(=O)N1C[C@@H](CN2C[C@@H](C)O[C@@H](C)C2)[C@@H](CO)C1. The van der Waals surface area contributed by atoms with E-state index in [1.807, 2.05) is 17.9 Å². The van der Waals surface area contributed by atoms with Gasteiger partial charge in [-0.15, -0.1) is 0 Å². The summed E-state index contributed by atoms with van der Waals surface area (Å²) in [6.07, 6.45) is 3.81. The Balaban J connectivity index is 1.66. The first-order chi connectivity index (χ1) is 12.0. The first-order valence-electron chi connectivity index (χ1n) is 9.16. The average molecular weight is 347 g/mol. The zero-order chi connectivity index (χ0) is 18.0. The molecule has 2 aliphatic rings.